The first-order chi connectivity index (χ1) is 10.3. The molecule has 0 saturated carbocycles. The van der Waals surface area contributed by atoms with Crippen molar-refractivity contribution in [3.63, 3.8) is 0 Å². The van der Waals surface area contributed by atoms with Gasteiger partial charge in [-0.2, -0.15) is 0 Å². The van der Waals surface area contributed by atoms with E-state index in [4.69, 9.17) is 14.5 Å². The Morgan fingerprint density at radius 3 is 2.52 bits per heavy atom. The van der Waals surface area contributed by atoms with E-state index >= 15 is 0 Å². The third-order valence-corrected chi connectivity index (χ3v) is 4.77. The minimum Gasteiger partial charge on any atom is -0.496 e. The first-order valence-electron chi connectivity index (χ1n) is 6.65. The molecular formula is C17H13NO2S. The van der Waals surface area contributed by atoms with Crippen molar-refractivity contribution in [1.29, 1.82) is 0 Å². The van der Waals surface area contributed by atoms with Crippen molar-refractivity contribution in [3.8, 4) is 22.1 Å². The molecule has 4 heteroatoms. The van der Waals surface area contributed by atoms with Crippen LogP contribution in [-0.4, -0.2) is 19.2 Å². The van der Waals surface area contributed by atoms with Crippen molar-refractivity contribution in [2.24, 2.45) is 0 Å². The highest BCUT2D eigenvalue weighted by molar-refractivity contribution is 7.21. The molecule has 0 fully saturated rings. The fourth-order valence-electron chi connectivity index (χ4n) is 2.72. The molecule has 0 saturated heterocycles. The lowest BCUT2D eigenvalue weighted by Crippen LogP contribution is -1.86. The predicted octanol–water partition coefficient (Wildman–Crippen LogP) is 4.57. The van der Waals surface area contributed by atoms with Crippen molar-refractivity contribution >= 4 is 32.3 Å². The van der Waals surface area contributed by atoms with E-state index < -0.39 is 0 Å². The van der Waals surface area contributed by atoms with Gasteiger partial charge >= 0.3 is 0 Å². The van der Waals surface area contributed by atoms with Crippen molar-refractivity contribution in [2.75, 3.05) is 14.2 Å². The molecule has 0 aliphatic carbocycles. The van der Waals surface area contributed by atoms with Crippen LogP contribution in [0.1, 0.15) is 0 Å². The van der Waals surface area contributed by atoms with Gasteiger partial charge in [0, 0.05) is 15.6 Å². The first kappa shape index (κ1) is 12.4. The Morgan fingerprint density at radius 1 is 0.952 bits per heavy atom. The number of benzene rings is 2. The molecule has 21 heavy (non-hydrogen) atoms. The Hall–Kier alpha value is -2.33. The van der Waals surface area contributed by atoms with Gasteiger partial charge in [-0.15, -0.1) is 11.3 Å². The van der Waals surface area contributed by atoms with E-state index in [0.29, 0.717) is 0 Å². The first-order valence-corrected chi connectivity index (χ1v) is 7.46. The molecule has 0 radical (unpaired) electrons. The summed E-state index contributed by atoms with van der Waals surface area (Å²) in [4.78, 5) is 4.73. The van der Waals surface area contributed by atoms with Crippen molar-refractivity contribution < 1.29 is 9.47 Å². The highest BCUT2D eigenvalue weighted by atomic mass is 32.1. The summed E-state index contributed by atoms with van der Waals surface area (Å²) < 4.78 is 12.1. The number of fused-ring (bicyclic) bond motifs is 4. The molecule has 4 rings (SSSR count). The van der Waals surface area contributed by atoms with Crippen LogP contribution in [0.25, 0.3) is 31.6 Å². The van der Waals surface area contributed by atoms with Crippen molar-refractivity contribution in [3.05, 3.63) is 42.5 Å². The lowest BCUT2D eigenvalue weighted by molar-refractivity contribution is 0.419. The van der Waals surface area contributed by atoms with Crippen LogP contribution in [0, 0.1) is 0 Å². The smallest absolute Gasteiger partial charge is 0.128 e. The summed E-state index contributed by atoms with van der Waals surface area (Å²) in [6.45, 7) is 0. The van der Waals surface area contributed by atoms with Gasteiger partial charge in [-0.05, 0) is 30.3 Å². The van der Waals surface area contributed by atoms with E-state index in [9.17, 15) is 0 Å². The minimum atomic E-state index is 0.858. The Balaban J connectivity index is 2.18. The normalized spacial score (nSPS) is 11.3. The average molecular weight is 295 g/mol. The van der Waals surface area contributed by atoms with E-state index in [1.807, 2.05) is 30.3 Å². The van der Waals surface area contributed by atoms with E-state index in [-0.39, 0.29) is 0 Å². The minimum absolute atomic E-state index is 0.858. The zero-order chi connectivity index (χ0) is 14.4. The molecule has 0 unspecified atom stereocenters. The number of hydrogen-bond donors (Lipinski definition) is 0. The maximum absolute atomic E-state index is 5.50. The molecule has 104 valence electrons. The third-order valence-electron chi connectivity index (χ3n) is 3.69. The number of hydrogen-bond acceptors (Lipinski definition) is 4. The SMILES string of the molecule is COc1cccc2sc3nc4cccc(OC)c4c-3cc12. The molecule has 2 aliphatic heterocycles. The van der Waals surface area contributed by atoms with Crippen LogP contribution >= 0.6 is 11.3 Å². The standard InChI is InChI=1S/C17H13NO2S/c1-19-13-6-4-8-15-10(13)9-11-16-12(18-17(11)21-15)5-3-7-14(16)20-2/h3-9H,1-2H3. The molecule has 0 bridgehead atoms. The molecule has 2 heterocycles. The Labute approximate surface area is 126 Å². The van der Waals surface area contributed by atoms with Gasteiger partial charge in [0.2, 0.25) is 0 Å². The molecule has 0 spiro atoms. The summed E-state index contributed by atoms with van der Waals surface area (Å²) in [6, 6.07) is 14.2. The van der Waals surface area contributed by atoms with Gasteiger partial charge in [0.25, 0.3) is 0 Å². The summed E-state index contributed by atoms with van der Waals surface area (Å²) in [5.41, 5.74) is 2.08. The largest absolute Gasteiger partial charge is 0.496 e. The average Bonchev–Trinajstić information content (AvgIpc) is 2.89. The van der Waals surface area contributed by atoms with Gasteiger partial charge in [-0.1, -0.05) is 12.1 Å². The van der Waals surface area contributed by atoms with E-state index in [1.54, 1.807) is 25.6 Å². The van der Waals surface area contributed by atoms with Crippen molar-refractivity contribution in [1.82, 2.24) is 4.98 Å². The molecule has 2 aromatic carbocycles. The zero-order valence-electron chi connectivity index (χ0n) is 11.7. The summed E-state index contributed by atoms with van der Waals surface area (Å²) in [7, 11) is 3.39. The highest BCUT2D eigenvalue weighted by Crippen LogP contribution is 2.43. The monoisotopic (exact) mass is 295 g/mol. The molecular weight excluding hydrogens is 282 g/mol. The fourth-order valence-corrected chi connectivity index (χ4v) is 3.76. The third kappa shape index (κ3) is 1.76. The van der Waals surface area contributed by atoms with Crippen LogP contribution in [0.15, 0.2) is 42.5 Å². The molecule has 0 atom stereocenters. The van der Waals surface area contributed by atoms with Gasteiger partial charge in [0.05, 0.1) is 25.1 Å². The van der Waals surface area contributed by atoms with Gasteiger partial charge in [-0.25, -0.2) is 4.98 Å². The van der Waals surface area contributed by atoms with Gasteiger partial charge in [0.15, 0.2) is 0 Å². The van der Waals surface area contributed by atoms with Gasteiger partial charge in [0.1, 0.15) is 16.5 Å². The maximum atomic E-state index is 5.50. The molecule has 0 aromatic heterocycles. The number of methoxy groups -OCH3 is 2. The van der Waals surface area contributed by atoms with E-state index in [2.05, 4.69) is 12.1 Å². The Morgan fingerprint density at radius 2 is 1.71 bits per heavy atom. The predicted molar refractivity (Wildman–Crippen MR) is 86.9 cm³/mol. The number of aromatic nitrogens is 1. The summed E-state index contributed by atoms with van der Waals surface area (Å²) in [5.74, 6) is 1.74. The van der Waals surface area contributed by atoms with Crippen LogP contribution in [0.2, 0.25) is 0 Å². The van der Waals surface area contributed by atoms with Gasteiger partial charge < -0.3 is 9.47 Å². The number of ether oxygens (including phenoxy) is 2. The van der Waals surface area contributed by atoms with Gasteiger partial charge in [-0.3, -0.25) is 0 Å². The Kier molecular flexibility index (Phi) is 2.72. The zero-order valence-corrected chi connectivity index (χ0v) is 12.5. The summed E-state index contributed by atoms with van der Waals surface area (Å²) in [6.07, 6.45) is 0. The van der Waals surface area contributed by atoms with Crippen LogP contribution in [0.3, 0.4) is 0 Å². The second kappa shape index (κ2) is 4.60. The number of rotatable bonds is 2. The molecule has 0 N–H and O–H groups in total. The lowest BCUT2D eigenvalue weighted by Gasteiger charge is -2.08. The van der Waals surface area contributed by atoms with E-state index in [1.165, 1.54) is 4.70 Å². The molecule has 2 aliphatic rings. The van der Waals surface area contributed by atoms with Crippen molar-refractivity contribution in [2.45, 2.75) is 0 Å². The quantitative estimate of drug-likeness (QED) is 0.543. The molecule has 0 amide bonds. The topological polar surface area (TPSA) is 31.4 Å². The molecule has 3 nitrogen and oxygen atoms in total. The van der Waals surface area contributed by atoms with Crippen LogP contribution in [0.4, 0.5) is 0 Å². The van der Waals surface area contributed by atoms with Crippen LogP contribution in [-0.2, 0) is 0 Å². The fraction of sp³-hybridized carbons (Fsp3) is 0.118. The summed E-state index contributed by atoms with van der Waals surface area (Å²) in [5, 5.41) is 3.20. The van der Waals surface area contributed by atoms with E-state index in [0.717, 1.165) is 38.4 Å². The second-order valence-corrected chi connectivity index (χ2v) is 5.83. The highest BCUT2D eigenvalue weighted by Gasteiger charge is 2.18. The van der Waals surface area contributed by atoms with Crippen LogP contribution < -0.4 is 9.47 Å². The number of nitrogens with zero attached hydrogens (tertiary/aromatic N) is 1. The molecule has 2 aromatic rings. The maximum Gasteiger partial charge on any atom is 0.128 e. The summed E-state index contributed by atoms with van der Waals surface area (Å²) >= 11 is 1.68. The van der Waals surface area contributed by atoms with Crippen LogP contribution in [0.5, 0.6) is 11.5 Å². The lowest BCUT2D eigenvalue weighted by atomic mass is 10.1. The Bertz CT molecular complexity index is 923. The second-order valence-electron chi connectivity index (χ2n) is 4.80.